The van der Waals surface area contributed by atoms with E-state index in [1.807, 2.05) is 6.07 Å². The maximum atomic E-state index is 14.1. The Morgan fingerprint density at radius 3 is 2.78 bits per heavy atom. The number of aromatic nitrogens is 5. The van der Waals surface area contributed by atoms with E-state index in [-0.39, 0.29) is 17.3 Å². The first-order valence-corrected chi connectivity index (χ1v) is 9.72. The molecule has 0 spiro atoms. The molecular weight excluding hydrogens is 414 g/mol. The maximum absolute atomic E-state index is 14.1. The van der Waals surface area contributed by atoms with Crippen molar-refractivity contribution in [2.45, 2.75) is 6.92 Å². The average molecular weight is 430 g/mol. The first kappa shape index (κ1) is 19.6. The van der Waals surface area contributed by atoms with Gasteiger partial charge in [-0.2, -0.15) is 5.10 Å². The largest absolute Gasteiger partial charge is 0.338 e. The Morgan fingerprint density at radius 2 is 1.97 bits per heavy atom. The summed E-state index contributed by atoms with van der Waals surface area (Å²) < 4.78 is 29.2. The van der Waals surface area contributed by atoms with Gasteiger partial charge in [-0.05, 0) is 55.5 Å². The van der Waals surface area contributed by atoms with Crippen LogP contribution in [0.1, 0.15) is 16.1 Å². The molecule has 5 rings (SSSR count). The Morgan fingerprint density at radius 1 is 1.09 bits per heavy atom. The van der Waals surface area contributed by atoms with Crippen molar-refractivity contribution in [2.24, 2.45) is 0 Å². The summed E-state index contributed by atoms with van der Waals surface area (Å²) in [6.07, 6.45) is 3.14. The molecule has 32 heavy (non-hydrogen) atoms. The third-order valence-electron chi connectivity index (χ3n) is 5.04. The lowest BCUT2D eigenvalue weighted by Crippen LogP contribution is -2.13. The average Bonchev–Trinajstić information content (AvgIpc) is 3.39. The summed E-state index contributed by atoms with van der Waals surface area (Å²) in [5, 5.41) is 7.09. The van der Waals surface area contributed by atoms with Gasteiger partial charge in [0.25, 0.3) is 5.91 Å². The molecule has 0 radical (unpaired) electrons. The van der Waals surface area contributed by atoms with Gasteiger partial charge in [0.2, 0.25) is 0 Å². The number of carbonyl (C=O) groups excluding carboxylic acids is 1. The van der Waals surface area contributed by atoms with Gasteiger partial charge < -0.3 is 10.3 Å². The third kappa shape index (κ3) is 3.49. The minimum atomic E-state index is -0.584. The molecule has 0 aliphatic carbocycles. The van der Waals surface area contributed by atoms with Crippen molar-refractivity contribution >= 4 is 22.6 Å². The van der Waals surface area contributed by atoms with Crippen LogP contribution in [0.4, 0.5) is 14.5 Å². The molecule has 158 valence electrons. The molecule has 0 fully saturated rings. The second-order valence-electron chi connectivity index (χ2n) is 7.14. The molecule has 0 bridgehead atoms. The van der Waals surface area contributed by atoms with Crippen LogP contribution in [0.2, 0.25) is 0 Å². The Balaban J connectivity index is 1.42. The van der Waals surface area contributed by atoms with Crippen molar-refractivity contribution in [1.82, 2.24) is 24.7 Å². The molecule has 2 N–H and O–H groups in total. The van der Waals surface area contributed by atoms with Gasteiger partial charge in [0.05, 0.1) is 34.1 Å². The Hall–Kier alpha value is -4.40. The van der Waals surface area contributed by atoms with Gasteiger partial charge >= 0.3 is 0 Å². The number of aromatic amines is 1. The van der Waals surface area contributed by atoms with E-state index in [1.54, 1.807) is 48.1 Å². The van der Waals surface area contributed by atoms with Crippen LogP contribution >= 0.6 is 0 Å². The molecule has 0 saturated carbocycles. The smallest absolute Gasteiger partial charge is 0.259 e. The molecule has 1 amide bonds. The highest BCUT2D eigenvalue weighted by Crippen LogP contribution is 2.26. The van der Waals surface area contributed by atoms with Crippen molar-refractivity contribution in [2.75, 3.05) is 5.32 Å². The highest BCUT2D eigenvalue weighted by Gasteiger charge is 2.17. The standard InChI is InChI=1S/C23H16F2N6O/c1-13-17(12-27-31(13)21-4-2-3-9-26-21)23(32)28-15-6-8-19-20(11-15)30-22(29-19)16-10-14(24)5-7-18(16)25/h2-12H,1H3,(H,28,32)(H,29,30). The first-order chi connectivity index (χ1) is 15.5. The lowest BCUT2D eigenvalue weighted by atomic mass is 10.2. The number of imidazole rings is 1. The number of fused-ring (bicyclic) bond motifs is 1. The topological polar surface area (TPSA) is 88.5 Å². The summed E-state index contributed by atoms with van der Waals surface area (Å²) in [5.41, 5.74) is 2.73. The molecule has 0 atom stereocenters. The van der Waals surface area contributed by atoms with Crippen LogP contribution in [0.15, 0.2) is 67.0 Å². The molecule has 2 aromatic carbocycles. The van der Waals surface area contributed by atoms with E-state index < -0.39 is 11.6 Å². The fraction of sp³-hybridized carbons (Fsp3) is 0.0435. The van der Waals surface area contributed by atoms with E-state index in [2.05, 4.69) is 25.4 Å². The molecule has 0 aliphatic heterocycles. The number of hydrogen-bond acceptors (Lipinski definition) is 4. The molecule has 0 saturated heterocycles. The van der Waals surface area contributed by atoms with E-state index in [1.165, 1.54) is 6.20 Å². The quantitative estimate of drug-likeness (QED) is 0.434. The minimum absolute atomic E-state index is 0.0318. The normalized spacial score (nSPS) is 11.1. The zero-order valence-electron chi connectivity index (χ0n) is 16.8. The molecule has 3 heterocycles. The van der Waals surface area contributed by atoms with Crippen LogP contribution in [0.5, 0.6) is 0 Å². The molecule has 7 nitrogen and oxygen atoms in total. The zero-order valence-corrected chi connectivity index (χ0v) is 16.8. The number of hydrogen-bond donors (Lipinski definition) is 2. The number of H-pyrrole nitrogens is 1. The minimum Gasteiger partial charge on any atom is -0.338 e. The number of nitrogens with zero attached hydrogens (tertiary/aromatic N) is 4. The van der Waals surface area contributed by atoms with Gasteiger partial charge in [0, 0.05) is 11.9 Å². The number of halogens is 2. The van der Waals surface area contributed by atoms with Crippen molar-refractivity contribution in [3.05, 3.63) is 89.9 Å². The molecule has 0 unspecified atom stereocenters. The van der Waals surface area contributed by atoms with Gasteiger partial charge in [-0.15, -0.1) is 0 Å². The highest BCUT2D eigenvalue weighted by atomic mass is 19.1. The second kappa shape index (κ2) is 7.69. The predicted molar refractivity (Wildman–Crippen MR) is 115 cm³/mol. The summed E-state index contributed by atoms with van der Waals surface area (Å²) in [5.74, 6) is -0.663. The molecule has 0 aliphatic rings. The van der Waals surface area contributed by atoms with Crippen molar-refractivity contribution in [3.63, 3.8) is 0 Å². The number of rotatable bonds is 4. The maximum Gasteiger partial charge on any atom is 0.259 e. The molecule has 5 aromatic rings. The van der Waals surface area contributed by atoms with Gasteiger partial charge in [-0.3, -0.25) is 4.79 Å². The van der Waals surface area contributed by atoms with Crippen molar-refractivity contribution < 1.29 is 13.6 Å². The number of carbonyl (C=O) groups is 1. The number of anilines is 1. The molecule has 3 aromatic heterocycles. The third-order valence-corrected chi connectivity index (χ3v) is 5.04. The number of pyridine rings is 1. The predicted octanol–water partition coefficient (Wildman–Crippen LogP) is 4.65. The lowest BCUT2D eigenvalue weighted by molar-refractivity contribution is 0.102. The summed E-state index contributed by atoms with van der Waals surface area (Å²) in [4.78, 5) is 24.4. The van der Waals surface area contributed by atoms with Crippen LogP contribution in [-0.4, -0.2) is 30.6 Å². The fourth-order valence-corrected chi connectivity index (χ4v) is 3.43. The SMILES string of the molecule is Cc1c(C(=O)Nc2ccc3nc(-c4cc(F)ccc4F)[nH]c3c2)cnn1-c1ccccn1. The van der Waals surface area contributed by atoms with Gasteiger partial charge in [-0.25, -0.2) is 23.4 Å². The summed E-state index contributed by atoms with van der Waals surface area (Å²) in [6.45, 7) is 1.79. The van der Waals surface area contributed by atoms with Gasteiger partial charge in [0.15, 0.2) is 5.82 Å². The van der Waals surface area contributed by atoms with E-state index in [9.17, 15) is 13.6 Å². The van der Waals surface area contributed by atoms with Crippen LogP contribution in [0.3, 0.4) is 0 Å². The monoisotopic (exact) mass is 430 g/mol. The Kier molecular flexibility index (Phi) is 4.70. The van der Waals surface area contributed by atoms with E-state index >= 15 is 0 Å². The number of nitrogens with one attached hydrogen (secondary N) is 2. The van der Waals surface area contributed by atoms with E-state index in [4.69, 9.17) is 0 Å². The van der Waals surface area contributed by atoms with Crippen LogP contribution in [0, 0.1) is 18.6 Å². The van der Waals surface area contributed by atoms with Crippen LogP contribution in [-0.2, 0) is 0 Å². The first-order valence-electron chi connectivity index (χ1n) is 9.72. The summed E-state index contributed by atoms with van der Waals surface area (Å²) in [6, 6.07) is 13.7. The molecule has 9 heteroatoms. The number of amides is 1. The van der Waals surface area contributed by atoms with E-state index in [0.717, 1.165) is 18.2 Å². The van der Waals surface area contributed by atoms with E-state index in [0.29, 0.717) is 33.8 Å². The summed E-state index contributed by atoms with van der Waals surface area (Å²) in [7, 11) is 0. The van der Waals surface area contributed by atoms with Gasteiger partial charge in [-0.1, -0.05) is 6.07 Å². The van der Waals surface area contributed by atoms with Crippen LogP contribution < -0.4 is 5.32 Å². The second-order valence-corrected chi connectivity index (χ2v) is 7.14. The Bertz CT molecular complexity index is 1460. The zero-order chi connectivity index (χ0) is 22.2. The van der Waals surface area contributed by atoms with Crippen LogP contribution in [0.25, 0.3) is 28.2 Å². The molecular formula is C23H16F2N6O. The van der Waals surface area contributed by atoms with Gasteiger partial charge in [0.1, 0.15) is 17.5 Å². The lowest BCUT2D eigenvalue weighted by Gasteiger charge is -2.06. The fourth-order valence-electron chi connectivity index (χ4n) is 3.43. The van der Waals surface area contributed by atoms with Crippen molar-refractivity contribution in [3.8, 4) is 17.2 Å². The Labute approximate surface area is 180 Å². The summed E-state index contributed by atoms with van der Waals surface area (Å²) >= 11 is 0. The number of benzene rings is 2. The highest BCUT2D eigenvalue weighted by molar-refractivity contribution is 6.05. The van der Waals surface area contributed by atoms with Crippen molar-refractivity contribution in [1.29, 1.82) is 0 Å².